The summed E-state index contributed by atoms with van der Waals surface area (Å²) >= 11 is 11.8. The summed E-state index contributed by atoms with van der Waals surface area (Å²) in [7, 11) is 14.8. The molecule has 4 aromatic carbocycles. The second-order valence-electron chi connectivity index (χ2n) is 12.0. The van der Waals surface area contributed by atoms with Crippen LogP contribution in [0.3, 0.4) is 0 Å². The first kappa shape index (κ1) is 48.5. The molecule has 4 amide bonds. The summed E-state index contributed by atoms with van der Waals surface area (Å²) in [6.45, 7) is 1.52. The second-order valence-corrected chi connectivity index (χ2v) is 15.0. The lowest BCUT2D eigenvalue weighted by Gasteiger charge is -2.25. The Morgan fingerprint density at radius 2 is 1.10 bits per heavy atom. The van der Waals surface area contributed by atoms with Gasteiger partial charge >= 0.3 is 11.9 Å². The maximum Gasteiger partial charge on any atom is 0.325 e. The molecule has 314 valence electrons. The number of carbonyl (C=O) groups excluding carboxylic acids is 5. The Morgan fingerprint density at radius 3 is 1.54 bits per heavy atom. The first-order valence-corrected chi connectivity index (χ1v) is 21.2. The molecule has 59 heavy (non-hydrogen) atoms. The average molecular weight is 929 g/mol. The van der Waals surface area contributed by atoms with Crippen molar-refractivity contribution in [1.82, 2.24) is 10.6 Å². The molecular weight excluding hydrogens is 890 g/mol. The van der Waals surface area contributed by atoms with Crippen molar-refractivity contribution in [2.45, 2.75) is 35.7 Å². The van der Waals surface area contributed by atoms with Crippen molar-refractivity contribution >= 4 is 113 Å². The third-order valence-electron chi connectivity index (χ3n) is 7.63. The van der Waals surface area contributed by atoms with Crippen LogP contribution in [0.15, 0.2) is 107 Å². The molecular formula is C39H38Cl4N4O10S2. The number of nitrogens with one attached hydrogen (secondary N) is 2. The molecule has 0 saturated heterocycles. The predicted octanol–water partition coefficient (Wildman–Crippen LogP) is 7.26. The van der Waals surface area contributed by atoms with E-state index in [2.05, 4.69) is 15.4 Å². The Kier molecular flexibility index (Phi) is 20.5. The van der Waals surface area contributed by atoms with Crippen molar-refractivity contribution < 1.29 is 48.1 Å². The number of carboxylic acids is 1. The molecule has 0 aromatic heterocycles. The van der Waals surface area contributed by atoms with Gasteiger partial charge in [0.25, 0.3) is 11.8 Å². The fraction of sp³-hybridized carbons (Fsp3) is 0.231. The van der Waals surface area contributed by atoms with Crippen molar-refractivity contribution in [2.24, 2.45) is 0 Å². The van der Waals surface area contributed by atoms with Gasteiger partial charge in [0, 0.05) is 31.2 Å². The fourth-order valence-electron chi connectivity index (χ4n) is 4.91. The van der Waals surface area contributed by atoms with Crippen LogP contribution in [0.4, 0.5) is 11.4 Å². The maximum absolute atomic E-state index is 12.8. The molecule has 2 atom stereocenters. The van der Waals surface area contributed by atoms with Crippen LogP contribution in [-0.4, -0.2) is 86.2 Å². The van der Waals surface area contributed by atoms with Gasteiger partial charge in [-0.05, 0) is 118 Å². The van der Waals surface area contributed by atoms with Crippen LogP contribution in [0.1, 0.15) is 13.8 Å². The van der Waals surface area contributed by atoms with Crippen LogP contribution in [0.2, 0.25) is 10.0 Å². The topological polar surface area (TPSA) is 181 Å². The third kappa shape index (κ3) is 16.4. The molecule has 0 heterocycles. The molecule has 0 aliphatic carbocycles. The molecule has 4 rings (SSSR count). The highest BCUT2D eigenvalue weighted by molar-refractivity contribution is 8.23. The number of halogens is 4. The van der Waals surface area contributed by atoms with E-state index >= 15 is 0 Å². The van der Waals surface area contributed by atoms with Gasteiger partial charge in [-0.1, -0.05) is 59.6 Å². The smallest absolute Gasteiger partial charge is 0.325 e. The van der Waals surface area contributed by atoms with Crippen LogP contribution < -0.4 is 29.9 Å². The summed E-state index contributed by atoms with van der Waals surface area (Å²) in [6.07, 6.45) is 0. The van der Waals surface area contributed by atoms with Gasteiger partial charge < -0.3 is 30.0 Å². The SMILES string of the molecule is COC(=O)CN(C(=O)[C@H](C)NC(=O)COc1cc(Cl)cc(Cl)c1)c1ccccc1.C[C@H](NC(=O)COc1ccc(SCl)c(SCl)c1)C(=O)N(CC(=O)O)c1ccccc1. The monoisotopic (exact) mass is 926 g/mol. The Hall–Kier alpha value is -4.84. The van der Waals surface area contributed by atoms with E-state index in [1.54, 1.807) is 78.9 Å². The molecule has 4 aromatic rings. The zero-order valence-electron chi connectivity index (χ0n) is 31.6. The largest absolute Gasteiger partial charge is 0.484 e. The van der Waals surface area contributed by atoms with Gasteiger partial charge in [-0.25, -0.2) is 0 Å². The van der Waals surface area contributed by atoms with Gasteiger partial charge in [0.15, 0.2) is 13.2 Å². The number of methoxy groups -OCH3 is 1. The number of rotatable bonds is 18. The van der Waals surface area contributed by atoms with E-state index in [0.29, 0.717) is 37.8 Å². The number of esters is 1. The van der Waals surface area contributed by atoms with E-state index < -0.39 is 54.2 Å². The van der Waals surface area contributed by atoms with Crippen LogP contribution in [0, 0.1) is 0 Å². The maximum atomic E-state index is 12.8. The second kappa shape index (κ2) is 24.9. The highest BCUT2D eigenvalue weighted by Crippen LogP contribution is 2.37. The summed E-state index contributed by atoms with van der Waals surface area (Å²) < 4.78 is 15.5. The number of carboxylic acid groups (broad SMARTS) is 1. The Labute approximate surface area is 367 Å². The zero-order chi connectivity index (χ0) is 43.5. The summed E-state index contributed by atoms with van der Waals surface area (Å²) in [5.74, 6) is -3.08. The van der Waals surface area contributed by atoms with Gasteiger partial charge in [0.1, 0.15) is 36.7 Å². The van der Waals surface area contributed by atoms with Crippen LogP contribution in [-0.2, 0) is 33.5 Å². The number of carbonyl (C=O) groups is 6. The quantitative estimate of drug-likeness (QED) is 0.0852. The van der Waals surface area contributed by atoms with Crippen molar-refractivity contribution in [2.75, 3.05) is 43.2 Å². The Morgan fingerprint density at radius 1 is 0.644 bits per heavy atom. The van der Waals surface area contributed by atoms with Crippen molar-refractivity contribution in [3.05, 3.63) is 107 Å². The highest BCUT2D eigenvalue weighted by Gasteiger charge is 2.27. The number of anilines is 2. The average Bonchev–Trinajstić information content (AvgIpc) is 3.22. The number of aliphatic carboxylic acids is 1. The van der Waals surface area contributed by atoms with E-state index in [0.717, 1.165) is 31.7 Å². The molecule has 0 fully saturated rings. The van der Waals surface area contributed by atoms with Crippen molar-refractivity contribution in [3.63, 3.8) is 0 Å². The lowest BCUT2D eigenvalue weighted by molar-refractivity contribution is -0.140. The van der Waals surface area contributed by atoms with Crippen LogP contribution in [0.25, 0.3) is 0 Å². The van der Waals surface area contributed by atoms with E-state index in [9.17, 15) is 28.8 Å². The zero-order valence-corrected chi connectivity index (χ0v) is 36.2. The molecule has 3 N–H and O–H groups in total. The molecule has 0 spiro atoms. The third-order valence-corrected chi connectivity index (χ3v) is 10.2. The van der Waals surface area contributed by atoms with E-state index in [-0.39, 0.29) is 19.8 Å². The number of hydrogen-bond acceptors (Lipinski definition) is 11. The standard InChI is InChI=1S/C20H20Cl2N2O5.C19H18Cl2N2O5S2/c1-13(23-18(25)12-29-17-9-14(21)8-15(22)10-17)20(27)24(11-19(26)28-2)16-6-4-3-5-7-16;1-12(19(27)23(10-18(25)26)13-5-3-2-4-6-13)22-17(24)11-28-14-7-8-15(29-20)16(9-14)30-21/h3-10,13H,11-12H2,1-2H3,(H,23,25);2-9,12H,10-11H2,1H3,(H,22,24)(H,25,26)/t13-;12-/m00/s1. The predicted molar refractivity (Wildman–Crippen MR) is 230 cm³/mol. The van der Waals surface area contributed by atoms with Crippen LogP contribution in [0.5, 0.6) is 11.5 Å². The molecule has 0 bridgehead atoms. The van der Waals surface area contributed by atoms with Gasteiger partial charge in [-0.2, -0.15) is 0 Å². The first-order valence-electron chi connectivity index (χ1n) is 17.2. The Bertz CT molecular complexity index is 2050. The normalized spacial score (nSPS) is 11.4. The van der Waals surface area contributed by atoms with E-state index in [1.165, 1.54) is 44.1 Å². The molecule has 0 unspecified atom stereocenters. The molecule has 0 aliphatic heterocycles. The van der Waals surface area contributed by atoms with Gasteiger partial charge in [-0.15, -0.1) is 0 Å². The van der Waals surface area contributed by atoms with E-state index in [4.69, 9.17) is 59.1 Å². The van der Waals surface area contributed by atoms with Crippen molar-refractivity contribution in [3.8, 4) is 11.5 Å². The molecule has 0 saturated carbocycles. The number of ether oxygens (including phenoxy) is 3. The summed E-state index contributed by atoms with van der Waals surface area (Å²) in [4.78, 5) is 76.6. The summed E-state index contributed by atoms with van der Waals surface area (Å²) in [6, 6.07) is 24.7. The number of amides is 4. The minimum absolute atomic E-state index is 0.281. The summed E-state index contributed by atoms with van der Waals surface area (Å²) in [5, 5.41) is 14.9. The van der Waals surface area contributed by atoms with E-state index in [1.807, 2.05) is 0 Å². The van der Waals surface area contributed by atoms with Crippen molar-refractivity contribution in [1.29, 1.82) is 0 Å². The van der Waals surface area contributed by atoms with Gasteiger partial charge in [0.05, 0.1) is 7.11 Å². The molecule has 0 radical (unpaired) electrons. The molecule has 14 nitrogen and oxygen atoms in total. The minimum atomic E-state index is -1.17. The number of para-hydroxylation sites is 2. The first-order chi connectivity index (χ1) is 28.1. The Balaban J connectivity index is 0.000000316. The molecule has 0 aliphatic rings. The lowest BCUT2D eigenvalue weighted by atomic mass is 10.2. The van der Waals surface area contributed by atoms with Crippen LogP contribution >= 0.6 is 66.5 Å². The summed E-state index contributed by atoms with van der Waals surface area (Å²) in [5.41, 5.74) is 0.930. The number of nitrogens with zero attached hydrogens (tertiary/aromatic N) is 2. The van der Waals surface area contributed by atoms with Gasteiger partial charge in [-0.3, -0.25) is 38.6 Å². The van der Waals surface area contributed by atoms with Gasteiger partial charge in [0.2, 0.25) is 11.8 Å². The number of benzene rings is 4. The lowest BCUT2D eigenvalue weighted by Crippen LogP contribution is -2.49. The molecule has 20 heteroatoms. The highest BCUT2D eigenvalue weighted by atomic mass is 35.7. The fourth-order valence-corrected chi connectivity index (χ4v) is 7.28. The minimum Gasteiger partial charge on any atom is -0.484 e. The number of hydrogen-bond donors (Lipinski definition) is 3.